The number of carboxylic acids is 1. The Balaban J connectivity index is 3.01. The first-order chi connectivity index (χ1) is 7.93. The van der Waals surface area contributed by atoms with Gasteiger partial charge in [-0.2, -0.15) is 0 Å². The average Bonchev–Trinajstić information content (AvgIpc) is 2.25. The number of nitrogens with one attached hydrogen (secondary N) is 1. The molecule has 1 aromatic rings. The van der Waals surface area contributed by atoms with Crippen molar-refractivity contribution in [1.29, 1.82) is 0 Å². The molecular formula is C11H14N2O4. The third-order valence-electron chi connectivity index (χ3n) is 2.34. The number of nitrogens with zero attached hydrogens (tertiary/aromatic N) is 1. The summed E-state index contributed by atoms with van der Waals surface area (Å²) in [5.74, 6) is -1.20. The predicted molar refractivity (Wildman–Crippen MR) is 63.0 cm³/mol. The van der Waals surface area contributed by atoms with Gasteiger partial charge in [-0.05, 0) is 12.0 Å². The minimum atomic E-state index is -1.03. The Labute approximate surface area is 98.4 Å². The van der Waals surface area contributed by atoms with Crippen LogP contribution in [0.4, 0.5) is 11.4 Å². The van der Waals surface area contributed by atoms with Gasteiger partial charge in [0.25, 0.3) is 5.69 Å². The van der Waals surface area contributed by atoms with E-state index >= 15 is 0 Å². The van der Waals surface area contributed by atoms with Gasteiger partial charge in [0.05, 0.1) is 4.92 Å². The Morgan fingerprint density at radius 3 is 2.47 bits per heavy atom. The lowest BCUT2D eigenvalue weighted by molar-refractivity contribution is -0.384. The molecule has 2 N–H and O–H groups in total. The maximum absolute atomic E-state index is 11.0. The van der Waals surface area contributed by atoms with Crippen LogP contribution < -0.4 is 5.32 Å². The van der Waals surface area contributed by atoms with Crippen LogP contribution >= 0.6 is 0 Å². The minimum absolute atomic E-state index is 0.126. The van der Waals surface area contributed by atoms with Crippen molar-refractivity contribution in [1.82, 2.24) is 0 Å². The van der Waals surface area contributed by atoms with Crippen molar-refractivity contribution < 1.29 is 14.8 Å². The van der Waals surface area contributed by atoms with Gasteiger partial charge in [-0.1, -0.05) is 26.0 Å². The van der Waals surface area contributed by atoms with Gasteiger partial charge in [0.2, 0.25) is 0 Å². The van der Waals surface area contributed by atoms with Crippen LogP contribution in [-0.2, 0) is 4.79 Å². The van der Waals surface area contributed by atoms with Gasteiger partial charge < -0.3 is 10.4 Å². The Morgan fingerprint density at radius 1 is 1.41 bits per heavy atom. The number of hydrogen-bond acceptors (Lipinski definition) is 4. The lowest BCUT2D eigenvalue weighted by Gasteiger charge is -2.18. The number of anilines is 1. The zero-order valence-electron chi connectivity index (χ0n) is 9.58. The molecule has 0 fully saturated rings. The van der Waals surface area contributed by atoms with Gasteiger partial charge in [-0.3, -0.25) is 10.1 Å². The van der Waals surface area contributed by atoms with Crippen molar-refractivity contribution in [3.63, 3.8) is 0 Å². The molecule has 6 nitrogen and oxygen atoms in total. The fourth-order valence-corrected chi connectivity index (χ4v) is 1.44. The summed E-state index contributed by atoms with van der Waals surface area (Å²) in [6, 6.07) is 5.14. The van der Waals surface area contributed by atoms with Crippen molar-refractivity contribution in [2.45, 2.75) is 19.9 Å². The van der Waals surface area contributed by atoms with E-state index in [4.69, 9.17) is 5.11 Å². The fourth-order valence-electron chi connectivity index (χ4n) is 1.44. The molecule has 0 saturated carbocycles. The number of carboxylic acid groups (broad SMARTS) is 1. The Hall–Kier alpha value is -2.11. The number of para-hydroxylation sites is 2. The van der Waals surface area contributed by atoms with Crippen LogP contribution in [0.25, 0.3) is 0 Å². The van der Waals surface area contributed by atoms with Crippen LogP contribution in [0.3, 0.4) is 0 Å². The molecule has 1 atom stereocenters. The lowest BCUT2D eigenvalue weighted by Crippen LogP contribution is -2.34. The van der Waals surface area contributed by atoms with E-state index in [9.17, 15) is 14.9 Å². The van der Waals surface area contributed by atoms with E-state index in [-0.39, 0.29) is 17.3 Å². The molecular weight excluding hydrogens is 224 g/mol. The molecule has 92 valence electrons. The normalized spacial score (nSPS) is 12.2. The number of hydrogen-bond donors (Lipinski definition) is 2. The number of aliphatic carboxylic acids is 1. The summed E-state index contributed by atoms with van der Waals surface area (Å²) in [6.45, 7) is 3.47. The number of benzene rings is 1. The smallest absolute Gasteiger partial charge is 0.326 e. The van der Waals surface area contributed by atoms with Crippen LogP contribution in [0.2, 0.25) is 0 Å². The highest BCUT2D eigenvalue weighted by molar-refractivity contribution is 5.79. The third kappa shape index (κ3) is 3.17. The standard InChI is InChI=1S/C11H14N2O4/c1-7(2)10(11(14)15)12-8-5-3-4-6-9(8)13(16)17/h3-7,10,12H,1-2H3,(H,14,15)/t10-/m0/s1. The molecule has 1 aromatic carbocycles. The van der Waals surface area contributed by atoms with Gasteiger partial charge in [0.15, 0.2) is 0 Å². The first kappa shape index (κ1) is 13.0. The highest BCUT2D eigenvalue weighted by atomic mass is 16.6. The second-order valence-electron chi connectivity index (χ2n) is 3.98. The highest BCUT2D eigenvalue weighted by Crippen LogP contribution is 2.25. The molecule has 0 heterocycles. The van der Waals surface area contributed by atoms with E-state index in [0.717, 1.165) is 0 Å². The lowest BCUT2D eigenvalue weighted by atomic mass is 10.0. The van der Waals surface area contributed by atoms with E-state index in [1.54, 1.807) is 19.9 Å². The Morgan fingerprint density at radius 2 is 2.00 bits per heavy atom. The van der Waals surface area contributed by atoms with Crippen LogP contribution in [0.5, 0.6) is 0 Å². The monoisotopic (exact) mass is 238 g/mol. The molecule has 0 radical (unpaired) electrons. The first-order valence-corrected chi connectivity index (χ1v) is 5.16. The van der Waals surface area contributed by atoms with E-state index in [2.05, 4.69) is 5.32 Å². The summed E-state index contributed by atoms with van der Waals surface area (Å²) in [4.78, 5) is 21.2. The molecule has 1 rings (SSSR count). The van der Waals surface area contributed by atoms with Crippen molar-refractivity contribution in [2.75, 3.05) is 5.32 Å². The molecule has 0 saturated heterocycles. The van der Waals surface area contributed by atoms with Crippen molar-refractivity contribution >= 4 is 17.3 Å². The molecule has 0 aliphatic rings. The number of rotatable bonds is 5. The zero-order valence-corrected chi connectivity index (χ0v) is 9.58. The second kappa shape index (κ2) is 5.29. The van der Waals surface area contributed by atoms with Crippen LogP contribution in [-0.4, -0.2) is 22.0 Å². The maximum Gasteiger partial charge on any atom is 0.326 e. The zero-order chi connectivity index (χ0) is 13.0. The first-order valence-electron chi connectivity index (χ1n) is 5.16. The van der Waals surface area contributed by atoms with Crippen LogP contribution in [0, 0.1) is 16.0 Å². The van der Waals surface area contributed by atoms with Gasteiger partial charge in [-0.25, -0.2) is 4.79 Å². The van der Waals surface area contributed by atoms with E-state index in [1.165, 1.54) is 18.2 Å². The van der Waals surface area contributed by atoms with Crippen LogP contribution in [0.15, 0.2) is 24.3 Å². The molecule has 0 spiro atoms. The maximum atomic E-state index is 11.0. The molecule has 0 aliphatic heterocycles. The molecule has 0 bridgehead atoms. The number of carbonyl (C=O) groups is 1. The summed E-state index contributed by atoms with van der Waals surface area (Å²) in [5.41, 5.74) is 0.0954. The summed E-state index contributed by atoms with van der Waals surface area (Å²) in [5, 5.41) is 22.4. The van der Waals surface area contributed by atoms with Crippen molar-refractivity contribution in [3.8, 4) is 0 Å². The Kier molecular flexibility index (Phi) is 4.03. The number of nitro benzene ring substituents is 1. The molecule has 6 heteroatoms. The topological polar surface area (TPSA) is 92.5 Å². The minimum Gasteiger partial charge on any atom is -0.480 e. The van der Waals surface area contributed by atoms with Crippen LogP contribution in [0.1, 0.15) is 13.8 Å². The van der Waals surface area contributed by atoms with Crippen molar-refractivity contribution in [3.05, 3.63) is 34.4 Å². The fraction of sp³-hybridized carbons (Fsp3) is 0.364. The third-order valence-corrected chi connectivity index (χ3v) is 2.34. The van der Waals surface area contributed by atoms with Gasteiger partial charge >= 0.3 is 5.97 Å². The SMILES string of the molecule is CC(C)[C@H](Nc1ccccc1[N+](=O)[O-])C(=O)O. The quantitative estimate of drug-likeness (QED) is 0.605. The van der Waals surface area contributed by atoms with E-state index < -0.39 is 16.9 Å². The van der Waals surface area contributed by atoms with Crippen molar-refractivity contribution in [2.24, 2.45) is 5.92 Å². The second-order valence-corrected chi connectivity index (χ2v) is 3.98. The largest absolute Gasteiger partial charge is 0.480 e. The van der Waals surface area contributed by atoms with Gasteiger partial charge in [0, 0.05) is 6.07 Å². The number of nitro groups is 1. The van der Waals surface area contributed by atoms with Gasteiger partial charge in [-0.15, -0.1) is 0 Å². The molecule has 17 heavy (non-hydrogen) atoms. The molecule has 0 amide bonds. The average molecular weight is 238 g/mol. The Bertz CT molecular complexity index is 431. The van der Waals surface area contributed by atoms with Gasteiger partial charge in [0.1, 0.15) is 11.7 Å². The predicted octanol–water partition coefficient (Wildman–Crippen LogP) is 2.12. The molecule has 0 unspecified atom stereocenters. The van der Waals surface area contributed by atoms with E-state index in [1.807, 2.05) is 0 Å². The van der Waals surface area contributed by atoms with E-state index in [0.29, 0.717) is 0 Å². The molecule has 0 aliphatic carbocycles. The summed E-state index contributed by atoms with van der Waals surface area (Å²) in [7, 11) is 0. The highest BCUT2D eigenvalue weighted by Gasteiger charge is 2.24. The summed E-state index contributed by atoms with van der Waals surface area (Å²) < 4.78 is 0. The summed E-state index contributed by atoms with van der Waals surface area (Å²) in [6.07, 6.45) is 0. The summed E-state index contributed by atoms with van der Waals surface area (Å²) >= 11 is 0. The molecule has 0 aromatic heterocycles.